The Balaban J connectivity index is 1.39. The summed E-state index contributed by atoms with van der Waals surface area (Å²) < 4.78 is 5.25. The minimum Gasteiger partial charge on any atom is -0.497 e. The number of nitrogens with one attached hydrogen (secondary N) is 3. The van der Waals surface area contributed by atoms with Crippen molar-refractivity contribution >= 4 is 28.2 Å². The lowest BCUT2D eigenvalue weighted by molar-refractivity contribution is 0.415. The molecule has 2 heterocycles. The molecule has 2 aromatic carbocycles. The van der Waals surface area contributed by atoms with Gasteiger partial charge in [-0.3, -0.25) is 0 Å². The van der Waals surface area contributed by atoms with E-state index in [1.165, 1.54) is 16.5 Å². The number of anilines is 3. The van der Waals surface area contributed by atoms with Crippen molar-refractivity contribution in [2.24, 2.45) is 0 Å². The Hall–Kier alpha value is -3.54. The molecular formula is C21H21N5O. The molecule has 0 radical (unpaired) electrons. The van der Waals surface area contributed by atoms with E-state index in [0.717, 1.165) is 36.0 Å². The van der Waals surface area contributed by atoms with Gasteiger partial charge >= 0.3 is 0 Å². The molecule has 0 bridgehead atoms. The number of nitrogens with zero attached hydrogens (tertiary/aromatic N) is 2. The highest BCUT2D eigenvalue weighted by Crippen LogP contribution is 2.21. The molecule has 4 rings (SSSR count). The van der Waals surface area contributed by atoms with Crippen LogP contribution in [0.4, 0.5) is 17.3 Å². The maximum atomic E-state index is 5.25. The van der Waals surface area contributed by atoms with Crippen molar-refractivity contribution in [3.63, 3.8) is 0 Å². The summed E-state index contributed by atoms with van der Waals surface area (Å²) in [5.74, 6) is 2.31. The summed E-state index contributed by atoms with van der Waals surface area (Å²) in [6.07, 6.45) is 4.53. The normalized spacial score (nSPS) is 10.7. The lowest BCUT2D eigenvalue weighted by atomic mass is 10.1. The summed E-state index contributed by atoms with van der Waals surface area (Å²) in [5, 5.41) is 7.90. The van der Waals surface area contributed by atoms with Crippen LogP contribution in [0.25, 0.3) is 10.9 Å². The molecule has 136 valence electrons. The van der Waals surface area contributed by atoms with Gasteiger partial charge in [-0.1, -0.05) is 24.3 Å². The molecule has 0 amide bonds. The standard InChI is InChI=1S/C21H21N5O/c1-27-17-6-4-5-16(11-17)26-21-12-20(24-14-25-21)22-10-9-15-13-23-19-8-3-2-7-18(15)19/h2-8,11-14,23H,9-10H2,1H3,(H2,22,24,25,26). The van der Waals surface area contributed by atoms with Gasteiger partial charge in [0.05, 0.1) is 7.11 Å². The summed E-state index contributed by atoms with van der Waals surface area (Å²) in [7, 11) is 1.65. The molecular weight excluding hydrogens is 338 g/mol. The molecule has 6 nitrogen and oxygen atoms in total. The van der Waals surface area contributed by atoms with Gasteiger partial charge in [0, 0.05) is 41.5 Å². The van der Waals surface area contributed by atoms with Crippen LogP contribution in [0.2, 0.25) is 0 Å². The SMILES string of the molecule is COc1cccc(Nc2cc(NCCc3c[nH]c4ccccc34)ncn2)c1. The third-order valence-electron chi connectivity index (χ3n) is 4.38. The van der Waals surface area contributed by atoms with E-state index in [1.54, 1.807) is 13.4 Å². The molecule has 0 aliphatic carbocycles. The molecule has 3 N–H and O–H groups in total. The van der Waals surface area contributed by atoms with Crippen molar-refractivity contribution in [2.75, 3.05) is 24.3 Å². The number of aromatic amines is 1. The highest BCUT2D eigenvalue weighted by Gasteiger charge is 2.04. The Kier molecular flexibility index (Phi) is 4.87. The first kappa shape index (κ1) is 16.9. The number of fused-ring (bicyclic) bond motifs is 1. The number of H-pyrrole nitrogens is 1. The van der Waals surface area contributed by atoms with Gasteiger partial charge in [0.1, 0.15) is 23.7 Å². The molecule has 0 aliphatic rings. The van der Waals surface area contributed by atoms with Crippen LogP contribution in [0.5, 0.6) is 5.75 Å². The van der Waals surface area contributed by atoms with Crippen molar-refractivity contribution < 1.29 is 4.74 Å². The Labute approximate surface area is 157 Å². The fourth-order valence-corrected chi connectivity index (χ4v) is 3.03. The molecule has 27 heavy (non-hydrogen) atoms. The van der Waals surface area contributed by atoms with Gasteiger partial charge in [0.2, 0.25) is 0 Å². The lowest BCUT2D eigenvalue weighted by Gasteiger charge is -2.09. The first-order valence-electron chi connectivity index (χ1n) is 8.84. The molecule has 6 heteroatoms. The maximum absolute atomic E-state index is 5.25. The Morgan fingerprint density at radius 1 is 1.00 bits per heavy atom. The highest BCUT2D eigenvalue weighted by molar-refractivity contribution is 5.83. The summed E-state index contributed by atoms with van der Waals surface area (Å²) >= 11 is 0. The third kappa shape index (κ3) is 4.00. The second-order valence-corrected chi connectivity index (χ2v) is 6.18. The average molecular weight is 359 g/mol. The van der Waals surface area contributed by atoms with Gasteiger partial charge in [-0.2, -0.15) is 0 Å². The van der Waals surface area contributed by atoms with E-state index in [1.807, 2.05) is 36.4 Å². The minimum absolute atomic E-state index is 0.729. The first-order valence-corrected chi connectivity index (χ1v) is 8.84. The van der Waals surface area contributed by atoms with Gasteiger partial charge in [-0.25, -0.2) is 9.97 Å². The molecule has 0 fully saturated rings. The van der Waals surface area contributed by atoms with Crippen molar-refractivity contribution in [1.29, 1.82) is 0 Å². The molecule has 0 aliphatic heterocycles. The molecule has 0 spiro atoms. The van der Waals surface area contributed by atoms with Gasteiger partial charge in [0.25, 0.3) is 0 Å². The quantitative estimate of drug-likeness (QED) is 0.457. The molecule has 2 aromatic heterocycles. The Morgan fingerprint density at radius 3 is 2.81 bits per heavy atom. The Bertz CT molecular complexity index is 1040. The van der Waals surface area contributed by atoms with Crippen LogP contribution in [-0.2, 0) is 6.42 Å². The topological polar surface area (TPSA) is 74.9 Å². The number of aromatic nitrogens is 3. The summed E-state index contributed by atoms with van der Waals surface area (Å²) in [4.78, 5) is 11.9. The fourth-order valence-electron chi connectivity index (χ4n) is 3.03. The van der Waals surface area contributed by atoms with Crippen LogP contribution in [0.3, 0.4) is 0 Å². The van der Waals surface area contributed by atoms with Crippen LogP contribution in [0.1, 0.15) is 5.56 Å². The van der Waals surface area contributed by atoms with E-state index in [0.29, 0.717) is 0 Å². The lowest BCUT2D eigenvalue weighted by Crippen LogP contribution is -2.07. The van der Waals surface area contributed by atoms with Gasteiger partial charge in [-0.15, -0.1) is 0 Å². The number of rotatable bonds is 7. The van der Waals surface area contributed by atoms with Crippen molar-refractivity contribution in [3.8, 4) is 5.75 Å². The molecule has 0 saturated carbocycles. The van der Waals surface area contributed by atoms with E-state index in [4.69, 9.17) is 4.74 Å². The fraction of sp³-hybridized carbons (Fsp3) is 0.143. The van der Waals surface area contributed by atoms with E-state index >= 15 is 0 Å². The molecule has 4 aromatic rings. The smallest absolute Gasteiger partial charge is 0.135 e. The molecule has 0 unspecified atom stereocenters. The van der Waals surface area contributed by atoms with Gasteiger partial charge in [-0.05, 0) is 30.2 Å². The molecule has 0 saturated heterocycles. The van der Waals surface area contributed by atoms with E-state index in [-0.39, 0.29) is 0 Å². The second kappa shape index (κ2) is 7.78. The molecule has 0 atom stereocenters. The average Bonchev–Trinajstić information content (AvgIpc) is 3.12. The monoisotopic (exact) mass is 359 g/mol. The van der Waals surface area contributed by atoms with E-state index in [9.17, 15) is 0 Å². The second-order valence-electron chi connectivity index (χ2n) is 6.18. The van der Waals surface area contributed by atoms with Crippen LogP contribution in [0.15, 0.2) is 67.1 Å². The van der Waals surface area contributed by atoms with Crippen LogP contribution in [0, 0.1) is 0 Å². The third-order valence-corrected chi connectivity index (χ3v) is 4.38. The van der Waals surface area contributed by atoms with Crippen molar-refractivity contribution in [3.05, 3.63) is 72.7 Å². The van der Waals surface area contributed by atoms with E-state index < -0.39 is 0 Å². The predicted octanol–water partition coefficient (Wildman–Crippen LogP) is 4.36. The highest BCUT2D eigenvalue weighted by atomic mass is 16.5. The zero-order valence-electron chi connectivity index (χ0n) is 15.1. The number of benzene rings is 2. The summed E-state index contributed by atoms with van der Waals surface area (Å²) in [6, 6.07) is 18.0. The van der Waals surface area contributed by atoms with E-state index in [2.05, 4.69) is 50.0 Å². The number of ether oxygens (including phenoxy) is 1. The van der Waals surface area contributed by atoms with Crippen LogP contribution >= 0.6 is 0 Å². The zero-order chi connectivity index (χ0) is 18.5. The number of hydrogen-bond acceptors (Lipinski definition) is 5. The summed E-state index contributed by atoms with van der Waals surface area (Å²) in [6.45, 7) is 0.789. The zero-order valence-corrected chi connectivity index (χ0v) is 15.1. The number of hydrogen-bond donors (Lipinski definition) is 3. The minimum atomic E-state index is 0.729. The summed E-state index contributed by atoms with van der Waals surface area (Å²) in [5.41, 5.74) is 3.37. The van der Waals surface area contributed by atoms with Crippen molar-refractivity contribution in [1.82, 2.24) is 15.0 Å². The predicted molar refractivity (Wildman–Crippen MR) is 109 cm³/mol. The van der Waals surface area contributed by atoms with Gasteiger partial charge in [0.15, 0.2) is 0 Å². The first-order chi connectivity index (χ1) is 13.3. The number of para-hydroxylation sites is 1. The maximum Gasteiger partial charge on any atom is 0.135 e. The largest absolute Gasteiger partial charge is 0.497 e. The van der Waals surface area contributed by atoms with Crippen LogP contribution in [-0.4, -0.2) is 28.6 Å². The van der Waals surface area contributed by atoms with Crippen LogP contribution < -0.4 is 15.4 Å². The van der Waals surface area contributed by atoms with Crippen molar-refractivity contribution in [2.45, 2.75) is 6.42 Å². The van der Waals surface area contributed by atoms with Gasteiger partial charge < -0.3 is 20.4 Å². The Morgan fingerprint density at radius 2 is 1.89 bits per heavy atom. The number of methoxy groups -OCH3 is 1.